The maximum absolute atomic E-state index is 11.2. The van der Waals surface area contributed by atoms with Gasteiger partial charge in [0, 0.05) is 0 Å². The van der Waals surface area contributed by atoms with Gasteiger partial charge in [-0.15, -0.1) is 0 Å². The molecule has 2 aromatic heterocycles. The Morgan fingerprint density at radius 1 is 1.43 bits per heavy atom. The molecule has 0 spiro atoms. The second-order valence-corrected chi connectivity index (χ2v) is 6.46. The van der Waals surface area contributed by atoms with Crippen molar-refractivity contribution >= 4 is 29.0 Å². The van der Waals surface area contributed by atoms with Gasteiger partial charge in [-0.05, 0) is 24.0 Å². The number of aromatic nitrogens is 2. The van der Waals surface area contributed by atoms with Gasteiger partial charge in [0.05, 0.1) is 12.2 Å². The molecular formula is C14H19ClN4O2. The molecular weight excluding hydrogens is 292 g/mol. The van der Waals surface area contributed by atoms with E-state index in [0.29, 0.717) is 16.6 Å². The number of anilines is 1. The summed E-state index contributed by atoms with van der Waals surface area (Å²) >= 11 is 6.23. The molecule has 0 atom stereocenters. The number of carbonyl (C=O) groups excluding carboxylic acids is 1. The lowest BCUT2D eigenvalue weighted by atomic mass is 9.90. The van der Waals surface area contributed by atoms with Crippen LogP contribution in [-0.2, 0) is 11.2 Å². The van der Waals surface area contributed by atoms with Gasteiger partial charge in [-0.3, -0.25) is 14.4 Å². The van der Waals surface area contributed by atoms with Crippen molar-refractivity contribution in [1.82, 2.24) is 14.9 Å². The molecule has 0 saturated carbocycles. The van der Waals surface area contributed by atoms with Crippen LogP contribution in [0.2, 0.25) is 5.15 Å². The Labute approximate surface area is 128 Å². The summed E-state index contributed by atoms with van der Waals surface area (Å²) in [6, 6.07) is 5.44. The Bertz CT molecular complexity index is 661. The summed E-state index contributed by atoms with van der Waals surface area (Å²) in [5, 5.41) is 12.1. The van der Waals surface area contributed by atoms with E-state index < -0.39 is 5.91 Å². The molecule has 0 fully saturated rings. The van der Waals surface area contributed by atoms with Crippen LogP contribution in [0.25, 0.3) is 5.65 Å². The van der Waals surface area contributed by atoms with E-state index in [1.165, 1.54) is 0 Å². The summed E-state index contributed by atoms with van der Waals surface area (Å²) < 4.78 is 1.76. The van der Waals surface area contributed by atoms with Crippen molar-refractivity contribution < 1.29 is 10.0 Å². The maximum Gasteiger partial charge on any atom is 0.262 e. The van der Waals surface area contributed by atoms with Crippen LogP contribution < -0.4 is 10.8 Å². The predicted molar refractivity (Wildman–Crippen MR) is 81.8 cm³/mol. The first-order chi connectivity index (χ1) is 9.81. The first-order valence-electron chi connectivity index (χ1n) is 6.64. The van der Waals surface area contributed by atoms with Crippen molar-refractivity contribution in [1.29, 1.82) is 0 Å². The summed E-state index contributed by atoms with van der Waals surface area (Å²) in [7, 11) is 0. The summed E-state index contributed by atoms with van der Waals surface area (Å²) in [6.07, 6.45) is 0.730. The molecule has 2 aromatic rings. The lowest BCUT2D eigenvalue weighted by Gasteiger charge is -2.17. The molecule has 3 N–H and O–H groups in total. The first-order valence-corrected chi connectivity index (χ1v) is 7.02. The summed E-state index contributed by atoms with van der Waals surface area (Å²) in [5.41, 5.74) is 3.19. The van der Waals surface area contributed by atoms with E-state index in [9.17, 15) is 4.79 Å². The van der Waals surface area contributed by atoms with Gasteiger partial charge < -0.3 is 5.32 Å². The van der Waals surface area contributed by atoms with Gasteiger partial charge in [0.25, 0.3) is 5.91 Å². The molecule has 114 valence electrons. The van der Waals surface area contributed by atoms with Crippen LogP contribution in [0.3, 0.4) is 0 Å². The van der Waals surface area contributed by atoms with Crippen LogP contribution in [0.15, 0.2) is 18.2 Å². The molecule has 2 heterocycles. The number of hydrogen-bond acceptors (Lipinski definition) is 4. The molecule has 2 rings (SSSR count). The van der Waals surface area contributed by atoms with Crippen LogP contribution in [-0.4, -0.2) is 27.0 Å². The van der Waals surface area contributed by atoms with Crippen molar-refractivity contribution in [2.24, 2.45) is 5.41 Å². The first kappa shape index (κ1) is 15.6. The van der Waals surface area contributed by atoms with E-state index in [0.717, 1.165) is 12.1 Å². The van der Waals surface area contributed by atoms with Gasteiger partial charge in [0.2, 0.25) is 0 Å². The largest absolute Gasteiger partial charge is 0.360 e. The number of hydrogen-bond donors (Lipinski definition) is 3. The summed E-state index contributed by atoms with van der Waals surface area (Å²) in [5.74, 6) is 0.146. The zero-order valence-electron chi connectivity index (χ0n) is 12.3. The predicted octanol–water partition coefficient (Wildman–Crippen LogP) is 2.49. The number of nitrogens with zero attached hydrogens (tertiary/aromatic N) is 2. The average molecular weight is 311 g/mol. The Morgan fingerprint density at radius 2 is 2.14 bits per heavy atom. The smallest absolute Gasteiger partial charge is 0.262 e. The molecule has 0 bridgehead atoms. The molecule has 0 saturated heterocycles. The highest BCUT2D eigenvalue weighted by Gasteiger charge is 2.20. The minimum atomic E-state index is -0.529. The molecule has 0 unspecified atom stereocenters. The molecule has 0 aliphatic rings. The highest BCUT2D eigenvalue weighted by molar-refractivity contribution is 6.30. The number of pyridine rings is 1. The van der Waals surface area contributed by atoms with Crippen molar-refractivity contribution in [3.63, 3.8) is 0 Å². The molecule has 0 aromatic carbocycles. The topological polar surface area (TPSA) is 78.7 Å². The average Bonchev–Trinajstić information content (AvgIpc) is 2.72. The number of carbonyl (C=O) groups is 1. The second kappa shape index (κ2) is 5.91. The van der Waals surface area contributed by atoms with Gasteiger partial charge in [0.1, 0.15) is 16.6 Å². The highest BCUT2D eigenvalue weighted by atomic mass is 35.5. The molecule has 0 aliphatic heterocycles. The van der Waals surface area contributed by atoms with E-state index >= 15 is 0 Å². The van der Waals surface area contributed by atoms with E-state index in [4.69, 9.17) is 16.8 Å². The highest BCUT2D eigenvalue weighted by Crippen LogP contribution is 2.28. The third-order valence-electron chi connectivity index (χ3n) is 2.91. The number of fused-ring (bicyclic) bond motifs is 1. The zero-order chi connectivity index (χ0) is 15.6. The minimum Gasteiger partial charge on any atom is -0.360 e. The maximum atomic E-state index is 11.2. The number of rotatable bonds is 4. The lowest BCUT2D eigenvalue weighted by Crippen LogP contribution is -2.27. The number of imidazole rings is 1. The fourth-order valence-electron chi connectivity index (χ4n) is 2.11. The van der Waals surface area contributed by atoms with E-state index in [2.05, 4.69) is 31.1 Å². The van der Waals surface area contributed by atoms with Crippen molar-refractivity contribution in [2.75, 3.05) is 11.9 Å². The summed E-state index contributed by atoms with van der Waals surface area (Å²) in [4.78, 5) is 15.8. The van der Waals surface area contributed by atoms with Gasteiger partial charge in [-0.1, -0.05) is 38.4 Å². The molecule has 7 heteroatoms. The van der Waals surface area contributed by atoms with Crippen LogP contribution >= 0.6 is 11.6 Å². The standard InChI is InChI=1S/C14H19ClN4O2/c1-14(2,3)7-9-13(16-8-12(20)18-21)19-10(15)5-4-6-11(19)17-9/h4-6,16,21H,7-8H2,1-3H3,(H,18,20). The van der Waals surface area contributed by atoms with Gasteiger partial charge in [-0.25, -0.2) is 10.5 Å². The SMILES string of the molecule is CC(C)(C)Cc1nc2cccc(Cl)n2c1NCC(=O)NO. The van der Waals surface area contributed by atoms with Crippen LogP contribution in [0.4, 0.5) is 5.82 Å². The number of hydroxylamine groups is 1. The molecule has 0 radical (unpaired) electrons. The van der Waals surface area contributed by atoms with Crippen LogP contribution in [0.1, 0.15) is 26.5 Å². The number of amides is 1. The fourth-order valence-corrected chi connectivity index (χ4v) is 2.36. The third kappa shape index (κ3) is 3.65. The normalized spacial score (nSPS) is 11.7. The number of nitrogens with one attached hydrogen (secondary N) is 2. The van der Waals surface area contributed by atoms with Crippen LogP contribution in [0.5, 0.6) is 0 Å². The zero-order valence-corrected chi connectivity index (χ0v) is 13.0. The summed E-state index contributed by atoms with van der Waals surface area (Å²) in [6.45, 7) is 6.28. The van der Waals surface area contributed by atoms with E-state index in [1.54, 1.807) is 15.9 Å². The molecule has 0 aliphatic carbocycles. The quantitative estimate of drug-likeness (QED) is 0.460. The van der Waals surface area contributed by atoms with E-state index in [1.807, 2.05) is 12.1 Å². The van der Waals surface area contributed by atoms with Gasteiger partial charge in [0.15, 0.2) is 0 Å². The van der Waals surface area contributed by atoms with Crippen LogP contribution in [0, 0.1) is 5.41 Å². The molecule has 1 amide bonds. The Balaban J connectivity index is 2.46. The molecule has 21 heavy (non-hydrogen) atoms. The van der Waals surface area contributed by atoms with Gasteiger partial charge in [-0.2, -0.15) is 0 Å². The van der Waals surface area contributed by atoms with Crippen molar-refractivity contribution in [2.45, 2.75) is 27.2 Å². The van der Waals surface area contributed by atoms with E-state index in [-0.39, 0.29) is 12.0 Å². The Kier molecular flexibility index (Phi) is 4.39. The number of halogens is 1. The monoisotopic (exact) mass is 310 g/mol. The minimum absolute atomic E-state index is 0.0417. The van der Waals surface area contributed by atoms with Crippen molar-refractivity contribution in [3.8, 4) is 0 Å². The van der Waals surface area contributed by atoms with Gasteiger partial charge >= 0.3 is 0 Å². The third-order valence-corrected chi connectivity index (χ3v) is 3.20. The Morgan fingerprint density at radius 3 is 2.76 bits per heavy atom. The second-order valence-electron chi connectivity index (χ2n) is 6.08. The molecule has 6 nitrogen and oxygen atoms in total. The Hall–Kier alpha value is -1.79. The fraction of sp³-hybridized carbons (Fsp3) is 0.429. The lowest BCUT2D eigenvalue weighted by molar-refractivity contribution is -0.127. The van der Waals surface area contributed by atoms with Crippen molar-refractivity contribution in [3.05, 3.63) is 29.0 Å².